The third-order valence-electron chi connectivity index (χ3n) is 3.69. The Morgan fingerprint density at radius 3 is 2.59 bits per heavy atom. The first-order chi connectivity index (χ1) is 10.7. The van der Waals surface area contributed by atoms with E-state index < -0.39 is 0 Å². The Morgan fingerprint density at radius 1 is 1.27 bits per heavy atom. The Bertz CT molecular complexity index is 509. The highest BCUT2D eigenvalue weighted by Gasteiger charge is 2.15. The van der Waals surface area contributed by atoms with E-state index in [0.717, 1.165) is 16.1 Å². The minimum absolute atomic E-state index is 0.00820. The molecule has 1 aliphatic rings. The molecule has 1 saturated carbocycles. The van der Waals surface area contributed by atoms with Crippen LogP contribution in [-0.4, -0.2) is 31.5 Å². The number of hydrogen-bond acceptors (Lipinski definition) is 2. The minimum Gasteiger partial charge on any atom is -0.356 e. The first kappa shape index (κ1) is 16.8. The maximum atomic E-state index is 11.9. The normalized spacial score (nSPS) is 15.6. The highest BCUT2D eigenvalue weighted by Crippen LogP contribution is 2.17. The maximum Gasteiger partial charge on any atom is 0.226 e. The Hall–Kier alpha value is -1.56. The van der Waals surface area contributed by atoms with E-state index in [2.05, 4.69) is 36.9 Å². The molecule has 1 amide bonds. The van der Waals surface area contributed by atoms with Gasteiger partial charge in [0.05, 0.1) is 0 Å². The molecule has 1 fully saturated rings. The van der Waals surface area contributed by atoms with Gasteiger partial charge in [-0.15, -0.1) is 0 Å². The number of nitrogens with zero attached hydrogens (tertiary/aromatic N) is 1. The van der Waals surface area contributed by atoms with Crippen molar-refractivity contribution in [2.45, 2.75) is 38.1 Å². The number of nitrogens with one attached hydrogen (secondary N) is 3. The first-order valence-electron chi connectivity index (χ1n) is 7.70. The van der Waals surface area contributed by atoms with Crippen LogP contribution in [0.15, 0.2) is 33.7 Å². The smallest absolute Gasteiger partial charge is 0.226 e. The van der Waals surface area contributed by atoms with Crippen molar-refractivity contribution < 1.29 is 4.79 Å². The predicted molar refractivity (Wildman–Crippen MR) is 94.1 cm³/mol. The van der Waals surface area contributed by atoms with Crippen LogP contribution in [-0.2, 0) is 4.79 Å². The third-order valence-corrected chi connectivity index (χ3v) is 4.22. The number of carbonyl (C=O) groups is 1. The summed E-state index contributed by atoms with van der Waals surface area (Å²) in [6, 6.07) is 8.07. The standard InChI is InChI=1S/C16H23BrN4O/c1-18-16(21-13-4-2-3-5-13)19-11-10-15(22)20-14-8-6-12(17)7-9-14/h6-9,13H,2-5,10-11H2,1H3,(H,20,22)(H2,18,19,21). The molecule has 0 heterocycles. The van der Waals surface area contributed by atoms with E-state index in [0.29, 0.717) is 19.0 Å². The Balaban J connectivity index is 1.68. The molecular formula is C16H23BrN4O. The molecular weight excluding hydrogens is 344 g/mol. The van der Waals surface area contributed by atoms with Crippen molar-refractivity contribution in [2.24, 2.45) is 4.99 Å². The van der Waals surface area contributed by atoms with Gasteiger partial charge in [-0.1, -0.05) is 28.8 Å². The van der Waals surface area contributed by atoms with Crippen molar-refractivity contribution in [1.82, 2.24) is 10.6 Å². The lowest BCUT2D eigenvalue weighted by molar-refractivity contribution is -0.116. The van der Waals surface area contributed by atoms with Crippen molar-refractivity contribution >= 4 is 33.5 Å². The second kappa shape index (κ2) is 8.78. The molecule has 0 unspecified atom stereocenters. The van der Waals surface area contributed by atoms with Crippen LogP contribution in [0.3, 0.4) is 0 Å². The van der Waals surface area contributed by atoms with E-state index >= 15 is 0 Å². The number of hydrogen-bond donors (Lipinski definition) is 3. The summed E-state index contributed by atoms with van der Waals surface area (Å²) in [5.41, 5.74) is 0.807. The van der Waals surface area contributed by atoms with Gasteiger partial charge < -0.3 is 16.0 Å². The second-order valence-corrected chi connectivity index (χ2v) is 6.35. The molecule has 0 aliphatic heterocycles. The van der Waals surface area contributed by atoms with Gasteiger partial charge in [0.15, 0.2) is 5.96 Å². The summed E-state index contributed by atoms with van der Waals surface area (Å²) in [7, 11) is 1.76. The fourth-order valence-corrected chi connectivity index (χ4v) is 2.77. The average molecular weight is 367 g/mol. The summed E-state index contributed by atoms with van der Waals surface area (Å²) in [5.74, 6) is 0.773. The van der Waals surface area contributed by atoms with Gasteiger partial charge in [0.2, 0.25) is 5.91 Å². The zero-order chi connectivity index (χ0) is 15.8. The molecule has 1 aromatic rings. The molecule has 0 bridgehead atoms. The fourth-order valence-electron chi connectivity index (χ4n) is 2.51. The van der Waals surface area contributed by atoms with Crippen LogP contribution in [0.4, 0.5) is 5.69 Å². The van der Waals surface area contributed by atoms with E-state index in [-0.39, 0.29) is 5.91 Å². The molecule has 5 nitrogen and oxygen atoms in total. The monoisotopic (exact) mass is 366 g/mol. The van der Waals surface area contributed by atoms with Crippen LogP contribution >= 0.6 is 15.9 Å². The van der Waals surface area contributed by atoms with Gasteiger partial charge in [0.1, 0.15) is 0 Å². The lowest BCUT2D eigenvalue weighted by Crippen LogP contribution is -2.43. The molecule has 120 valence electrons. The third kappa shape index (κ3) is 5.67. The number of halogens is 1. The maximum absolute atomic E-state index is 11.9. The molecule has 0 aromatic heterocycles. The molecule has 22 heavy (non-hydrogen) atoms. The molecule has 2 rings (SSSR count). The Morgan fingerprint density at radius 2 is 1.95 bits per heavy atom. The summed E-state index contributed by atoms with van der Waals surface area (Å²) in [6.45, 7) is 0.564. The van der Waals surface area contributed by atoms with E-state index in [1.165, 1.54) is 25.7 Å². The van der Waals surface area contributed by atoms with Gasteiger partial charge in [0.25, 0.3) is 0 Å². The van der Waals surface area contributed by atoms with Gasteiger partial charge in [-0.25, -0.2) is 0 Å². The van der Waals surface area contributed by atoms with Gasteiger partial charge >= 0.3 is 0 Å². The quantitative estimate of drug-likeness (QED) is 0.554. The van der Waals surface area contributed by atoms with Crippen LogP contribution in [0.1, 0.15) is 32.1 Å². The molecule has 0 spiro atoms. The fraction of sp³-hybridized carbons (Fsp3) is 0.500. The summed E-state index contributed by atoms with van der Waals surface area (Å²) >= 11 is 3.37. The molecule has 0 atom stereocenters. The summed E-state index contributed by atoms with van der Waals surface area (Å²) < 4.78 is 0.994. The van der Waals surface area contributed by atoms with Crippen molar-refractivity contribution in [2.75, 3.05) is 18.9 Å². The number of guanidine groups is 1. The van der Waals surface area contributed by atoms with Gasteiger partial charge in [-0.2, -0.15) is 0 Å². The van der Waals surface area contributed by atoms with Crippen LogP contribution in [0.25, 0.3) is 0 Å². The SMILES string of the molecule is CN=C(NCCC(=O)Nc1ccc(Br)cc1)NC1CCCC1. The lowest BCUT2D eigenvalue weighted by atomic mass is 10.2. The van der Waals surface area contributed by atoms with Crippen LogP contribution < -0.4 is 16.0 Å². The van der Waals surface area contributed by atoms with Gasteiger partial charge in [-0.3, -0.25) is 9.79 Å². The second-order valence-electron chi connectivity index (χ2n) is 5.43. The van der Waals surface area contributed by atoms with Gasteiger partial charge in [0, 0.05) is 36.2 Å². The minimum atomic E-state index is -0.00820. The Kier molecular flexibility index (Phi) is 6.71. The summed E-state index contributed by atoms with van der Waals surface area (Å²) in [5, 5.41) is 9.46. The first-order valence-corrected chi connectivity index (χ1v) is 8.49. The average Bonchev–Trinajstić information content (AvgIpc) is 3.01. The number of aliphatic imine (C=N–C) groups is 1. The predicted octanol–water partition coefficient (Wildman–Crippen LogP) is 2.89. The zero-order valence-corrected chi connectivity index (χ0v) is 14.4. The zero-order valence-electron chi connectivity index (χ0n) is 12.9. The van der Waals surface area contributed by atoms with Crippen LogP contribution in [0, 0.1) is 0 Å². The van der Waals surface area contributed by atoms with Crippen molar-refractivity contribution in [3.8, 4) is 0 Å². The highest BCUT2D eigenvalue weighted by atomic mass is 79.9. The molecule has 0 radical (unpaired) electrons. The highest BCUT2D eigenvalue weighted by molar-refractivity contribution is 9.10. The van der Waals surface area contributed by atoms with E-state index in [4.69, 9.17) is 0 Å². The molecule has 1 aliphatic carbocycles. The molecule has 6 heteroatoms. The van der Waals surface area contributed by atoms with Crippen molar-refractivity contribution in [3.05, 3.63) is 28.7 Å². The molecule has 0 saturated heterocycles. The largest absolute Gasteiger partial charge is 0.356 e. The van der Waals surface area contributed by atoms with Crippen LogP contribution in [0.5, 0.6) is 0 Å². The Labute approximate surface area is 140 Å². The topological polar surface area (TPSA) is 65.5 Å². The molecule has 1 aromatic carbocycles. The molecule has 3 N–H and O–H groups in total. The number of amides is 1. The van der Waals surface area contributed by atoms with Crippen molar-refractivity contribution in [1.29, 1.82) is 0 Å². The van der Waals surface area contributed by atoms with Gasteiger partial charge in [-0.05, 0) is 37.1 Å². The van der Waals surface area contributed by atoms with E-state index in [1.807, 2.05) is 24.3 Å². The van der Waals surface area contributed by atoms with Crippen LogP contribution in [0.2, 0.25) is 0 Å². The number of rotatable bonds is 5. The summed E-state index contributed by atoms with van der Waals surface area (Å²) in [6.07, 6.45) is 5.37. The number of benzene rings is 1. The summed E-state index contributed by atoms with van der Waals surface area (Å²) in [4.78, 5) is 16.1. The lowest BCUT2D eigenvalue weighted by Gasteiger charge is -2.16. The van der Waals surface area contributed by atoms with Crippen molar-refractivity contribution in [3.63, 3.8) is 0 Å². The number of anilines is 1. The van der Waals surface area contributed by atoms with E-state index in [1.54, 1.807) is 7.05 Å². The number of carbonyl (C=O) groups excluding carboxylic acids is 1. The van der Waals surface area contributed by atoms with E-state index in [9.17, 15) is 4.79 Å².